The Kier molecular flexibility index (Phi) is 8.72. The minimum Gasteiger partial charge on any atom is -0.314 e. The Labute approximate surface area is 121 Å². The van der Waals surface area contributed by atoms with E-state index in [1.165, 1.54) is 64.6 Å². The van der Waals surface area contributed by atoms with Crippen molar-refractivity contribution in [2.24, 2.45) is 5.92 Å². The van der Waals surface area contributed by atoms with Gasteiger partial charge in [-0.05, 0) is 45.2 Å². The fourth-order valence-corrected chi connectivity index (χ4v) is 3.26. The van der Waals surface area contributed by atoms with Crippen LogP contribution in [0.4, 0.5) is 0 Å². The molecule has 114 valence electrons. The first kappa shape index (κ1) is 17.0. The summed E-state index contributed by atoms with van der Waals surface area (Å²) >= 11 is 0. The molecule has 0 amide bonds. The molecule has 19 heavy (non-hydrogen) atoms. The van der Waals surface area contributed by atoms with Gasteiger partial charge in [0.1, 0.15) is 0 Å². The summed E-state index contributed by atoms with van der Waals surface area (Å²) in [5, 5.41) is 3.71. The van der Waals surface area contributed by atoms with E-state index in [9.17, 15) is 0 Å². The van der Waals surface area contributed by atoms with Crippen LogP contribution in [0.5, 0.6) is 0 Å². The summed E-state index contributed by atoms with van der Waals surface area (Å²) in [5.74, 6) is 0.804. The molecule has 0 spiro atoms. The maximum Gasteiger partial charge on any atom is 0.0117 e. The summed E-state index contributed by atoms with van der Waals surface area (Å²) < 4.78 is 0. The number of piperidine rings is 1. The first-order valence-electron chi connectivity index (χ1n) is 8.66. The summed E-state index contributed by atoms with van der Waals surface area (Å²) in [5.41, 5.74) is 0. The van der Waals surface area contributed by atoms with Crippen LogP contribution in [-0.2, 0) is 0 Å². The molecule has 0 saturated carbocycles. The first-order chi connectivity index (χ1) is 9.19. The molecule has 1 aliphatic rings. The second-order valence-electron chi connectivity index (χ2n) is 6.52. The minimum absolute atomic E-state index is 0.753. The highest BCUT2D eigenvalue weighted by Crippen LogP contribution is 2.21. The van der Waals surface area contributed by atoms with E-state index >= 15 is 0 Å². The van der Waals surface area contributed by atoms with Gasteiger partial charge in [-0.15, -0.1) is 0 Å². The molecule has 1 N–H and O–H groups in total. The van der Waals surface area contributed by atoms with E-state index in [-0.39, 0.29) is 0 Å². The molecule has 1 heterocycles. The topological polar surface area (TPSA) is 15.3 Å². The Hall–Kier alpha value is -0.0800. The fourth-order valence-electron chi connectivity index (χ4n) is 3.26. The lowest BCUT2D eigenvalue weighted by molar-refractivity contribution is 0.105. The van der Waals surface area contributed by atoms with Gasteiger partial charge in [0.05, 0.1) is 0 Å². The SMILES string of the molecule is CCCCCCC(C)N1CCC(NCCC)C(C)C1. The minimum atomic E-state index is 0.753. The van der Waals surface area contributed by atoms with Crippen molar-refractivity contribution in [1.82, 2.24) is 10.2 Å². The first-order valence-corrected chi connectivity index (χ1v) is 8.66. The van der Waals surface area contributed by atoms with E-state index in [0.29, 0.717) is 0 Å². The summed E-state index contributed by atoms with van der Waals surface area (Å²) in [6, 6.07) is 1.54. The molecular formula is C17H36N2. The number of hydrogen-bond acceptors (Lipinski definition) is 2. The van der Waals surface area contributed by atoms with Gasteiger partial charge in [0, 0.05) is 18.6 Å². The number of hydrogen-bond donors (Lipinski definition) is 1. The predicted octanol–water partition coefficient (Wildman–Crippen LogP) is 4.06. The summed E-state index contributed by atoms with van der Waals surface area (Å²) in [6.45, 7) is 13.2. The van der Waals surface area contributed by atoms with Crippen LogP contribution in [0, 0.1) is 5.92 Å². The number of unbranched alkanes of at least 4 members (excludes halogenated alkanes) is 3. The van der Waals surface area contributed by atoms with Gasteiger partial charge in [-0.1, -0.05) is 46.5 Å². The Morgan fingerprint density at radius 3 is 2.58 bits per heavy atom. The van der Waals surface area contributed by atoms with Gasteiger partial charge in [0.25, 0.3) is 0 Å². The summed E-state index contributed by atoms with van der Waals surface area (Å²) in [7, 11) is 0. The average molecular weight is 268 g/mol. The van der Waals surface area contributed by atoms with Gasteiger partial charge in [-0.2, -0.15) is 0 Å². The highest BCUT2D eigenvalue weighted by atomic mass is 15.2. The predicted molar refractivity (Wildman–Crippen MR) is 85.7 cm³/mol. The lowest BCUT2D eigenvalue weighted by Gasteiger charge is -2.40. The highest BCUT2D eigenvalue weighted by Gasteiger charge is 2.27. The van der Waals surface area contributed by atoms with Crippen molar-refractivity contribution in [2.45, 2.75) is 84.7 Å². The zero-order valence-corrected chi connectivity index (χ0v) is 13.8. The molecule has 0 aromatic rings. The lowest BCUT2D eigenvalue weighted by atomic mass is 9.92. The second kappa shape index (κ2) is 9.77. The van der Waals surface area contributed by atoms with Gasteiger partial charge in [0.15, 0.2) is 0 Å². The van der Waals surface area contributed by atoms with Crippen LogP contribution in [0.2, 0.25) is 0 Å². The third kappa shape index (κ3) is 6.27. The van der Waals surface area contributed by atoms with E-state index < -0.39 is 0 Å². The molecule has 3 atom stereocenters. The molecule has 0 bridgehead atoms. The zero-order chi connectivity index (χ0) is 14.1. The second-order valence-corrected chi connectivity index (χ2v) is 6.52. The van der Waals surface area contributed by atoms with Crippen molar-refractivity contribution in [1.29, 1.82) is 0 Å². The molecule has 0 aromatic heterocycles. The van der Waals surface area contributed by atoms with Crippen molar-refractivity contribution in [3.63, 3.8) is 0 Å². The largest absolute Gasteiger partial charge is 0.314 e. The maximum atomic E-state index is 3.71. The van der Waals surface area contributed by atoms with Gasteiger partial charge >= 0.3 is 0 Å². The third-order valence-corrected chi connectivity index (χ3v) is 4.69. The van der Waals surface area contributed by atoms with Gasteiger partial charge < -0.3 is 10.2 Å². The van der Waals surface area contributed by atoms with Crippen LogP contribution in [0.3, 0.4) is 0 Å². The number of likely N-dealkylation sites (tertiary alicyclic amines) is 1. The molecule has 0 aliphatic carbocycles. The van der Waals surface area contributed by atoms with Gasteiger partial charge in [-0.3, -0.25) is 0 Å². The molecule has 0 radical (unpaired) electrons. The molecule has 1 aliphatic heterocycles. The molecule has 1 saturated heterocycles. The van der Waals surface area contributed by atoms with Crippen molar-refractivity contribution < 1.29 is 0 Å². The smallest absolute Gasteiger partial charge is 0.0117 e. The van der Waals surface area contributed by atoms with E-state index in [2.05, 4.69) is 37.9 Å². The monoisotopic (exact) mass is 268 g/mol. The van der Waals surface area contributed by atoms with Crippen LogP contribution >= 0.6 is 0 Å². The Balaban J connectivity index is 2.22. The number of rotatable bonds is 9. The Bertz CT molecular complexity index is 217. The Morgan fingerprint density at radius 2 is 1.95 bits per heavy atom. The van der Waals surface area contributed by atoms with Crippen molar-refractivity contribution in [3.05, 3.63) is 0 Å². The summed E-state index contributed by atoms with van der Waals surface area (Å²) in [4.78, 5) is 2.72. The van der Waals surface area contributed by atoms with E-state index in [4.69, 9.17) is 0 Å². The average Bonchev–Trinajstić information content (AvgIpc) is 2.42. The molecule has 1 rings (SSSR count). The van der Waals surface area contributed by atoms with E-state index in [0.717, 1.165) is 18.0 Å². The van der Waals surface area contributed by atoms with Crippen molar-refractivity contribution >= 4 is 0 Å². The quantitative estimate of drug-likeness (QED) is 0.635. The number of nitrogens with one attached hydrogen (secondary N) is 1. The van der Waals surface area contributed by atoms with Crippen molar-refractivity contribution in [2.75, 3.05) is 19.6 Å². The van der Waals surface area contributed by atoms with Crippen LogP contribution in [0.1, 0.15) is 72.6 Å². The van der Waals surface area contributed by atoms with Crippen LogP contribution in [0.25, 0.3) is 0 Å². The van der Waals surface area contributed by atoms with Crippen LogP contribution < -0.4 is 5.32 Å². The zero-order valence-electron chi connectivity index (χ0n) is 13.8. The van der Waals surface area contributed by atoms with Gasteiger partial charge in [-0.25, -0.2) is 0 Å². The molecular weight excluding hydrogens is 232 g/mol. The Morgan fingerprint density at radius 1 is 1.16 bits per heavy atom. The lowest BCUT2D eigenvalue weighted by Crippen LogP contribution is -2.50. The van der Waals surface area contributed by atoms with E-state index in [1.54, 1.807) is 0 Å². The standard InChI is InChI=1S/C17H36N2/c1-5-7-8-9-10-16(4)19-13-11-17(15(3)14-19)18-12-6-2/h15-18H,5-14H2,1-4H3. The third-order valence-electron chi connectivity index (χ3n) is 4.69. The molecule has 1 fully saturated rings. The maximum absolute atomic E-state index is 3.71. The molecule has 2 nitrogen and oxygen atoms in total. The highest BCUT2D eigenvalue weighted by molar-refractivity contribution is 4.84. The molecule has 0 aromatic carbocycles. The van der Waals surface area contributed by atoms with Crippen LogP contribution in [0.15, 0.2) is 0 Å². The normalized spacial score (nSPS) is 26.5. The van der Waals surface area contributed by atoms with Gasteiger partial charge in [0.2, 0.25) is 0 Å². The van der Waals surface area contributed by atoms with Crippen molar-refractivity contribution in [3.8, 4) is 0 Å². The molecule has 3 unspecified atom stereocenters. The number of nitrogens with zero attached hydrogens (tertiary/aromatic N) is 1. The molecule has 2 heteroatoms. The van der Waals surface area contributed by atoms with E-state index in [1.807, 2.05) is 0 Å². The summed E-state index contributed by atoms with van der Waals surface area (Å²) in [6.07, 6.45) is 9.56. The van der Waals surface area contributed by atoms with Crippen LogP contribution in [-0.4, -0.2) is 36.6 Å². The fraction of sp³-hybridized carbons (Fsp3) is 1.00.